The van der Waals surface area contributed by atoms with Gasteiger partial charge < -0.3 is 5.32 Å². The van der Waals surface area contributed by atoms with Crippen molar-refractivity contribution in [1.29, 1.82) is 0 Å². The molecular formula is C17H19N3O. The monoisotopic (exact) mass is 281 g/mol. The fourth-order valence-corrected chi connectivity index (χ4v) is 2.71. The second-order valence-electron chi connectivity index (χ2n) is 5.42. The number of nitrogens with zero attached hydrogens (tertiary/aromatic N) is 2. The highest BCUT2D eigenvalue weighted by Crippen LogP contribution is 2.14. The molecule has 0 radical (unpaired) electrons. The van der Waals surface area contributed by atoms with Crippen LogP contribution < -0.4 is 5.32 Å². The van der Waals surface area contributed by atoms with Gasteiger partial charge in [0.2, 0.25) is 0 Å². The first-order valence-electron chi connectivity index (χ1n) is 7.28. The minimum atomic E-state index is -0.0102. The van der Waals surface area contributed by atoms with Crippen molar-refractivity contribution in [3.63, 3.8) is 0 Å². The molecule has 0 spiro atoms. The van der Waals surface area contributed by atoms with Crippen molar-refractivity contribution in [2.45, 2.75) is 19.0 Å². The van der Waals surface area contributed by atoms with Crippen molar-refractivity contribution < 1.29 is 4.79 Å². The van der Waals surface area contributed by atoms with Crippen LogP contribution in [0.15, 0.2) is 54.9 Å². The minimum absolute atomic E-state index is 0.0102. The van der Waals surface area contributed by atoms with E-state index in [1.54, 1.807) is 24.5 Å². The van der Waals surface area contributed by atoms with Crippen molar-refractivity contribution in [3.05, 3.63) is 66.0 Å². The van der Waals surface area contributed by atoms with Gasteiger partial charge in [-0.05, 0) is 24.1 Å². The molecule has 1 N–H and O–H groups in total. The summed E-state index contributed by atoms with van der Waals surface area (Å²) in [6.07, 6.45) is 4.29. The van der Waals surface area contributed by atoms with Crippen molar-refractivity contribution >= 4 is 5.91 Å². The first kappa shape index (κ1) is 13.8. The standard InChI is InChI=1S/C17H19N3O/c21-17(15-6-9-18-10-7-15)19-16-8-11-20(13-16)12-14-4-2-1-3-5-14/h1-7,9-10,16H,8,11-13H2,(H,19,21)/t16-/m0/s1. The molecule has 1 fully saturated rings. The number of benzene rings is 1. The van der Waals surface area contributed by atoms with Crippen LogP contribution in [0.5, 0.6) is 0 Å². The van der Waals surface area contributed by atoms with Crippen LogP contribution in [0.4, 0.5) is 0 Å². The van der Waals surface area contributed by atoms with E-state index in [4.69, 9.17) is 0 Å². The zero-order chi connectivity index (χ0) is 14.5. The Balaban J connectivity index is 1.52. The smallest absolute Gasteiger partial charge is 0.251 e. The summed E-state index contributed by atoms with van der Waals surface area (Å²) in [6, 6.07) is 14.2. The molecule has 0 aliphatic carbocycles. The Bertz CT molecular complexity index is 585. The number of pyridine rings is 1. The highest BCUT2D eigenvalue weighted by atomic mass is 16.1. The Hall–Kier alpha value is -2.20. The van der Waals surface area contributed by atoms with Crippen molar-refractivity contribution in [3.8, 4) is 0 Å². The lowest BCUT2D eigenvalue weighted by Gasteiger charge is -2.16. The van der Waals surface area contributed by atoms with Gasteiger partial charge in [0.15, 0.2) is 0 Å². The molecule has 0 bridgehead atoms. The van der Waals surface area contributed by atoms with Crippen molar-refractivity contribution in [2.75, 3.05) is 13.1 Å². The SMILES string of the molecule is O=C(N[C@H]1CCN(Cc2ccccc2)C1)c1ccncc1. The number of nitrogens with one attached hydrogen (secondary N) is 1. The first-order valence-corrected chi connectivity index (χ1v) is 7.28. The van der Waals surface area contributed by atoms with E-state index in [0.29, 0.717) is 5.56 Å². The molecule has 1 amide bonds. The van der Waals surface area contributed by atoms with Gasteiger partial charge in [-0.2, -0.15) is 0 Å². The summed E-state index contributed by atoms with van der Waals surface area (Å²) in [5.74, 6) is -0.0102. The number of rotatable bonds is 4. The molecule has 3 rings (SSSR count). The normalized spacial score (nSPS) is 18.6. The third-order valence-corrected chi connectivity index (χ3v) is 3.80. The van der Waals surface area contributed by atoms with Crippen molar-refractivity contribution in [1.82, 2.24) is 15.2 Å². The van der Waals surface area contributed by atoms with Gasteiger partial charge in [-0.15, -0.1) is 0 Å². The van der Waals surface area contributed by atoms with Crippen LogP contribution in [0.1, 0.15) is 22.3 Å². The Morgan fingerprint density at radius 3 is 2.71 bits per heavy atom. The van der Waals surface area contributed by atoms with Crippen LogP contribution in [-0.4, -0.2) is 34.9 Å². The zero-order valence-corrected chi connectivity index (χ0v) is 11.9. The number of likely N-dealkylation sites (tertiary alicyclic amines) is 1. The van der Waals surface area contributed by atoms with E-state index in [-0.39, 0.29) is 11.9 Å². The van der Waals surface area contributed by atoms with Crippen LogP contribution in [0.2, 0.25) is 0 Å². The molecule has 1 aliphatic rings. The van der Waals surface area contributed by atoms with E-state index in [0.717, 1.165) is 26.1 Å². The van der Waals surface area contributed by atoms with E-state index >= 15 is 0 Å². The predicted molar refractivity (Wildman–Crippen MR) is 81.8 cm³/mol. The van der Waals surface area contributed by atoms with Gasteiger partial charge in [0.1, 0.15) is 0 Å². The summed E-state index contributed by atoms with van der Waals surface area (Å²) in [6.45, 7) is 2.88. The quantitative estimate of drug-likeness (QED) is 0.933. The van der Waals surface area contributed by atoms with Crippen LogP contribution in [0, 0.1) is 0 Å². The number of carbonyl (C=O) groups is 1. The van der Waals surface area contributed by atoms with E-state index in [9.17, 15) is 4.79 Å². The molecule has 2 aromatic rings. The topological polar surface area (TPSA) is 45.2 Å². The number of carbonyl (C=O) groups excluding carboxylic acids is 1. The summed E-state index contributed by atoms with van der Waals surface area (Å²) in [4.78, 5) is 18.4. The summed E-state index contributed by atoms with van der Waals surface area (Å²) in [7, 11) is 0. The maximum atomic E-state index is 12.1. The Morgan fingerprint density at radius 1 is 1.19 bits per heavy atom. The highest BCUT2D eigenvalue weighted by molar-refractivity contribution is 5.94. The van der Waals surface area contributed by atoms with Gasteiger partial charge in [0.25, 0.3) is 5.91 Å². The van der Waals surface area contributed by atoms with Crippen LogP contribution >= 0.6 is 0 Å². The van der Waals surface area contributed by atoms with Crippen LogP contribution in [0.3, 0.4) is 0 Å². The summed E-state index contributed by atoms with van der Waals surface area (Å²) in [5, 5.41) is 3.10. The average Bonchev–Trinajstić information content (AvgIpc) is 2.96. The van der Waals surface area contributed by atoms with Crippen LogP contribution in [-0.2, 0) is 6.54 Å². The number of amides is 1. The molecular weight excluding hydrogens is 262 g/mol. The number of hydrogen-bond donors (Lipinski definition) is 1. The number of hydrogen-bond acceptors (Lipinski definition) is 3. The predicted octanol–water partition coefficient (Wildman–Crippen LogP) is 2.09. The molecule has 1 aliphatic heterocycles. The number of aromatic nitrogens is 1. The Kier molecular flexibility index (Phi) is 4.26. The molecule has 108 valence electrons. The van der Waals surface area contributed by atoms with E-state index in [1.807, 2.05) is 6.07 Å². The van der Waals surface area contributed by atoms with Gasteiger partial charge in [0.05, 0.1) is 0 Å². The van der Waals surface area contributed by atoms with Crippen molar-refractivity contribution in [2.24, 2.45) is 0 Å². The van der Waals surface area contributed by atoms with Gasteiger partial charge >= 0.3 is 0 Å². The molecule has 0 unspecified atom stereocenters. The molecule has 2 heterocycles. The average molecular weight is 281 g/mol. The molecule has 1 saturated heterocycles. The molecule has 1 atom stereocenters. The fourth-order valence-electron chi connectivity index (χ4n) is 2.71. The summed E-state index contributed by atoms with van der Waals surface area (Å²) >= 11 is 0. The van der Waals surface area contributed by atoms with Crippen LogP contribution in [0.25, 0.3) is 0 Å². The highest BCUT2D eigenvalue weighted by Gasteiger charge is 2.24. The lowest BCUT2D eigenvalue weighted by atomic mass is 10.2. The first-order chi connectivity index (χ1) is 10.3. The zero-order valence-electron chi connectivity index (χ0n) is 11.9. The molecule has 0 saturated carbocycles. The molecule has 1 aromatic heterocycles. The summed E-state index contributed by atoms with van der Waals surface area (Å²) in [5.41, 5.74) is 1.99. The Morgan fingerprint density at radius 2 is 1.95 bits per heavy atom. The lowest BCUT2D eigenvalue weighted by molar-refractivity contribution is 0.0937. The molecule has 1 aromatic carbocycles. The van der Waals surface area contributed by atoms with Gasteiger partial charge in [-0.3, -0.25) is 14.7 Å². The Labute approximate surface area is 124 Å². The maximum absolute atomic E-state index is 12.1. The van der Waals surface area contributed by atoms with Gasteiger partial charge in [0, 0.05) is 43.6 Å². The maximum Gasteiger partial charge on any atom is 0.251 e. The van der Waals surface area contributed by atoms with E-state index < -0.39 is 0 Å². The molecule has 4 nitrogen and oxygen atoms in total. The molecule has 4 heteroatoms. The second kappa shape index (κ2) is 6.50. The third-order valence-electron chi connectivity index (χ3n) is 3.80. The third kappa shape index (κ3) is 3.67. The van der Waals surface area contributed by atoms with Gasteiger partial charge in [-0.25, -0.2) is 0 Å². The molecule has 21 heavy (non-hydrogen) atoms. The minimum Gasteiger partial charge on any atom is -0.348 e. The summed E-state index contributed by atoms with van der Waals surface area (Å²) < 4.78 is 0. The van der Waals surface area contributed by atoms with E-state index in [2.05, 4.69) is 39.5 Å². The van der Waals surface area contributed by atoms with Gasteiger partial charge in [-0.1, -0.05) is 30.3 Å². The van der Waals surface area contributed by atoms with E-state index in [1.165, 1.54) is 5.56 Å². The largest absolute Gasteiger partial charge is 0.348 e. The second-order valence-corrected chi connectivity index (χ2v) is 5.42. The fraction of sp³-hybridized carbons (Fsp3) is 0.294. The lowest BCUT2D eigenvalue weighted by Crippen LogP contribution is -2.36.